The number of halogens is 1. The van der Waals surface area contributed by atoms with Gasteiger partial charge in [0.15, 0.2) is 5.96 Å². The summed E-state index contributed by atoms with van der Waals surface area (Å²) in [5.41, 5.74) is 0. The lowest BCUT2D eigenvalue weighted by Crippen LogP contribution is -2.39. The summed E-state index contributed by atoms with van der Waals surface area (Å²) in [4.78, 5) is 8.20. The number of guanidine groups is 1. The Morgan fingerprint density at radius 1 is 1.38 bits per heavy atom. The van der Waals surface area contributed by atoms with Gasteiger partial charge in [-0.05, 0) is 25.2 Å². The van der Waals surface area contributed by atoms with Crippen LogP contribution in [0.25, 0.3) is 0 Å². The number of hydrogen-bond acceptors (Lipinski definition) is 3. The van der Waals surface area contributed by atoms with Gasteiger partial charge in [0.05, 0.1) is 6.33 Å². The molecule has 0 amide bonds. The molecule has 2 N–H and O–H groups in total. The number of nitrogens with zero attached hydrogens (tertiary/aromatic N) is 3. The molecule has 0 atom stereocenters. The van der Waals surface area contributed by atoms with Crippen LogP contribution in [0.4, 0.5) is 0 Å². The maximum Gasteiger partial charge on any atom is 0.191 e. The third-order valence-electron chi connectivity index (χ3n) is 3.25. The Balaban J connectivity index is 0.00000220. The van der Waals surface area contributed by atoms with E-state index in [4.69, 9.17) is 4.74 Å². The Morgan fingerprint density at radius 2 is 2.19 bits per heavy atom. The maximum atomic E-state index is 5.59. The first kappa shape index (κ1) is 18.2. The molecule has 1 aromatic rings. The highest BCUT2D eigenvalue weighted by Crippen LogP contribution is 2.28. The lowest BCUT2D eigenvalue weighted by atomic mass is 10.4. The number of aliphatic imine (C=N–C) groups is 1. The molecule has 0 spiro atoms. The van der Waals surface area contributed by atoms with Crippen molar-refractivity contribution in [1.29, 1.82) is 0 Å². The van der Waals surface area contributed by atoms with E-state index in [-0.39, 0.29) is 24.0 Å². The molecule has 0 aromatic carbocycles. The molecule has 0 radical (unpaired) electrons. The Bertz CT molecular complexity index is 392. The maximum absolute atomic E-state index is 5.59. The van der Waals surface area contributed by atoms with Crippen LogP contribution in [0.3, 0.4) is 0 Å². The molecule has 120 valence electrons. The molecule has 1 aromatic heterocycles. The zero-order chi connectivity index (χ0) is 14.0. The first-order chi connectivity index (χ1) is 9.88. The lowest BCUT2D eigenvalue weighted by Gasteiger charge is -2.12. The molecule has 1 saturated carbocycles. The fraction of sp³-hybridized carbons (Fsp3) is 0.714. The van der Waals surface area contributed by atoms with Crippen LogP contribution in [0.5, 0.6) is 0 Å². The molecule has 1 aliphatic carbocycles. The average molecular weight is 407 g/mol. The molecule has 1 fully saturated rings. The summed E-state index contributed by atoms with van der Waals surface area (Å²) in [5, 5.41) is 6.56. The van der Waals surface area contributed by atoms with Crippen LogP contribution in [-0.2, 0) is 11.3 Å². The summed E-state index contributed by atoms with van der Waals surface area (Å²) in [6.07, 6.45) is 9.27. The highest BCUT2D eigenvalue weighted by atomic mass is 127. The van der Waals surface area contributed by atoms with Crippen LogP contribution in [0, 0.1) is 5.92 Å². The highest BCUT2D eigenvalue weighted by Gasteiger charge is 2.20. The third kappa shape index (κ3) is 8.25. The second-order valence-corrected chi connectivity index (χ2v) is 5.10. The van der Waals surface area contributed by atoms with Gasteiger partial charge in [0.1, 0.15) is 0 Å². The van der Waals surface area contributed by atoms with Crippen LogP contribution in [0.1, 0.15) is 19.3 Å². The van der Waals surface area contributed by atoms with Crippen LogP contribution in [0.2, 0.25) is 0 Å². The van der Waals surface area contributed by atoms with Crippen LogP contribution < -0.4 is 10.6 Å². The summed E-state index contributed by atoms with van der Waals surface area (Å²) >= 11 is 0. The summed E-state index contributed by atoms with van der Waals surface area (Å²) in [7, 11) is 1.79. The molecule has 2 rings (SSSR count). The van der Waals surface area contributed by atoms with E-state index in [0.29, 0.717) is 0 Å². The molecule has 0 aliphatic heterocycles. The zero-order valence-corrected chi connectivity index (χ0v) is 15.0. The SMILES string of the molecule is CN=C(NCCCOCC1CC1)NCCn1ccnc1.I. The van der Waals surface area contributed by atoms with Gasteiger partial charge in [0, 0.05) is 52.3 Å². The molecule has 1 aliphatic rings. The third-order valence-corrected chi connectivity index (χ3v) is 3.25. The van der Waals surface area contributed by atoms with Crippen molar-refractivity contribution in [3.05, 3.63) is 18.7 Å². The summed E-state index contributed by atoms with van der Waals surface area (Å²) in [6.45, 7) is 4.36. The Labute approximate surface area is 143 Å². The van der Waals surface area contributed by atoms with E-state index in [1.807, 2.05) is 17.1 Å². The van der Waals surface area contributed by atoms with Crippen molar-refractivity contribution in [1.82, 2.24) is 20.2 Å². The van der Waals surface area contributed by atoms with Gasteiger partial charge >= 0.3 is 0 Å². The molecular formula is C14H26IN5O. The monoisotopic (exact) mass is 407 g/mol. The first-order valence-electron chi connectivity index (χ1n) is 7.36. The number of ether oxygens (including phenoxy) is 1. The molecule has 6 nitrogen and oxygen atoms in total. The van der Waals surface area contributed by atoms with E-state index < -0.39 is 0 Å². The van der Waals surface area contributed by atoms with Gasteiger partial charge in [-0.25, -0.2) is 4.98 Å². The summed E-state index contributed by atoms with van der Waals surface area (Å²) in [5.74, 6) is 1.69. The highest BCUT2D eigenvalue weighted by molar-refractivity contribution is 14.0. The second kappa shape index (κ2) is 10.8. The predicted octanol–water partition coefficient (Wildman–Crippen LogP) is 1.48. The van der Waals surface area contributed by atoms with Gasteiger partial charge in [0.25, 0.3) is 0 Å². The molecule has 0 saturated heterocycles. The Hall–Kier alpha value is -0.830. The average Bonchev–Trinajstić information content (AvgIpc) is 3.14. The minimum absolute atomic E-state index is 0. The smallest absolute Gasteiger partial charge is 0.191 e. The van der Waals surface area contributed by atoms with Crippen molar-refractivity contribution in [3.8, 4) is 0 Å². The van der Waals surface area contributed by atoms with Gasteiger partial charge in [-0.1, -0.05) is 0 Å². The number of aromatic nitrogens is 2. The van der Waals surface area contributed by atoms with Gasteiger partial charge in [-0.3, -0.25) is 4.99 Å². The lowest BCUT2D eigenvalue weighted by molar-refractivity contribution is 0.123. The molecule has 1 heterocycles. The fourth-order valence-electron chi connectivity index (χ4n) is 1.86. The summed E-state index contributed by atoms with van der Waals surface area (Å²) in [6, 6.07) is 0. The predicted molar refractivity (Wildman–Crippen MR) is 95.2 cm³/mol. The van der Waals surface area contributed by atoms with E-state index in [1.165, 1.54) is 12.8 Å². The summed E-state index contributed by atoms with van der Waals surface area (Å²) < 4.78 is 7.63. The number of hydrogen-bond donors (Lipinski definition) is 2. The van der Waals surface area contributed by atoms with Gasteiger partial charge in [-0.15, -0.1) is 24.0 Å². The quantitative estimate of drug-likeness (QED) is 0.282. The zero-order valence-electron chi connectivity index (χ0n) is 12.6. The molecular weight excluding hydrogens is 381 g/mol. The van der Waals surface area contributed by atoms with Crippen molar-refractivity contribution in [2.45, 2.75) is 25.8 Å². The second-order valence-electron chi connectivity index (χ2n) is 5.10. The largest absolute Gasteiger partial charge is 0.381 e. The van der Waals surface area contributed by atoms with Crippen molar-refractivity contribution in [2.24, 2.45) is 10.9 Å². The van der Waals surface area contributed by atoms with Crippen LogP contribution >= 0.6 is 24.0 Å². The van der Waals surface area contributed by atoms with E-state index in [9.17, 15) is 0 Å². The van der Waals surface area contributed by atoms with Crippen LogP contribution in [0.15, 0.2) is 23.7 Å². The number of rotatable bonds is 9. The van der Waals surface area contributed by atoms with Gasteiger partial charge in [0.2, 0.25) is 0 Å². The van der Waals surface area contributed by atoms with E-state index >= 15 is 0 Å². The molecule has 21 heavy (non-hydrogen) atoms. The molecule has 0 unspecified atom stereocenters. The fourth-order valence-corrected chi connectivity index (χ4v) is 1.86. The first-order valence-corrected chi connectivity index (χ1v) is 7.36. The van der Waals surface area contributed by atoms with Gasteiger partial charge < -0.3 is 19.9 Å². The van der Waals surface area contributed by atoms with Crippen molar-refractivity contribution < 1.29 is 4.74 Å². The van der Waals surface area contributed by atoms with Crippen molar-refractivity contribution in [3.63, 3.8) is 0 Å². The minimum Gasteiger partial charge on any atom is -0.381 e. The van der Waals surface area contributed by atoms with E-state index in [2.05, 4.69) is 20.6 Å². The Kier molecular flexibility index (Phi) is 9.40. The number of imidazole rings is 1. The van der Waals surface area contributed by atoms with Crippen LogP contribution in [-0.4, -0.2) is 48.9 Å². The Morgan fingerprint density at radius 3 is 2.86 bits per heavy atom. The van der Waals surface area contributed by atoms with E-state index in [1.54, 1.807) is 13.2 Å². The standard InChI is InChI=1S/C14H25N5O.HI/c1-15-14(18-7-9-19-8-6-16-12-19)17-5-2-10-20-11-13-3-4-13;/h6,8,12-13H,2-5,7,9-11H2,1H3,(H2,15,17,18);1H. The van der Waals surface area contributed by atoms with E-state index in [0.717, 1.165) is 51.1 Å². The minimum atomic E-state index is 0. The van der Waals surface area contributed by atoms with Gasteiger partial charge in [-0.2, -0.15) is 0 Å². The molecule has 7 heteroatoms. The van der Waals surface area contributed by atoms with Crippen molar-refractivity contribution in [2.75, 3.05) is 33.4 Å². The normalized spacial score (nSPS) is 14.6. The number of nitrogens with one attached hydrogen (secondary N) is 2. The molecule has 0 bridgehead atoms. The topological polar surface area (TPSA) is 63.5 Å². The van der Waals surface area contributed by atoms with Crippen molar-refractivity contribution >= 4 is 29.9 Å².